The summed E-state index contributed by atoms with van der Waals surface area (Å²) in [7, 11) is 1.84. The highest BCUT2D eigenvalue weighted by atomic mass is 32.1. The van der Waals surface area contributed by atoms with Gasteiger partial charge in [0.15, 0.2) is 5.13 Å². The van der Waals surface area contributed by atoms with Gasteiger partial charge in [-0.1, -0.05) is 0 Å². The number of carboxylic acid groups (broad SMARTS) is 1. The van der Waals surface area contributed by atoms with Crippen molar-refractivity contribution in [1.29, 1.82) is 0 Å². The number of nitrogens with zero attached hydrogens (tertiary/aromatic N) is 3. The van der Waals surface area contributed by atoms with Crippen LogP contribution in [0.1, 0.15) is 11.4 Å². The van der Waals surface area contributed by atoms with E-state index in [0.29, 0.717) is 10.8 Å². The van der Waals surface area contributed by atoms with Crippen LogP contribution in [0.2, 0.25) is 0 Å². The summed E-state index contributed by atoms with van der Waals surface area (Å²) in [6.07, 6.45) is 1.80. The maximum absolute atomic E-state index is 10.5. The van der Waals surface area contributed by atoms with Crippen LogP contribution in [-0.2, 0) is 18.3 Å². The first-order valence-electron chi connectivity index (χ1n) is 4.98. The van der Waals surface area contributed by atoms with Crippen LogP contribution in [-0.4, -0.2) is 25.8 Å². The summed E-state index contributed by atoms with van der Waals surface area (Å²) in [6, 6.07) is 0. The van der Waals surface area contributed by atoms with Crippen LogP contribution in [0.25, 0.3) is 0 Å². The zero-order valence-electron chi connectivity index (χ0n) is 9.47. The molecule has 0 aliphatic carbocycles. The minimum absolute atomic E-state index is 0.0514. The fraction of sp³-hybridized carbons (Fsp3) is 0.300. The Kier molecular flexibility index (Phi) is 3.10. The van der Waals surface area contributed by atoms with Gasteiger partial charge in [0, 0.05) is 18.6 Å². The normalized spacial score (nSPS) is 10.5. The van der Waals surface area contributed by atoms with Crippen molar-refractivity contribution in [3.05, 3.63) is 23.0 Å². The second kappa shape index (κ2) is 4.54. The first-order valence-corrected chi connectivity index (χ1v) is 5.86. The van der Waals surface area contributed by atoms with Crippen molar-refractivity contribution in [2.75, 3.05) is 5.32 Å². The van der Waals surface area contributed by atoms with E-state index in [1.54, 1.807) is 10.1 Å². The second-order valence-corrected chi connectivity index (χ2v) is 4.50. The Morgan fingerprint density at radius 2 is 2.41 bits per heavy atom. The van der Waals surface area contributed by atoms with E-state index >= 15 is 0 Å². The van der Waals surface area contributed by atoms with E-state index in [1.807, 2.05) is 20.2 Å². The van der Waals surface area contributed by atoms with Crippen LogP contribution in [0.4, 0.5) is 10.8 Å². The van der Waals surface area contributed by atoms with Crippen LogP contribution >= 0.6 is 11.3 Å². The van der Waals surface area contributed by atoms with Crippen molar-refractivity contribution in [3.8, 4) is 0 Å². The molecule has 0 spiro atoms. The van der Waals surface area contributed by atoms with Gasteiger partial charge in [0.05, 0.1) is 23.5 Å². The Morgan fingerprint density at radius 1 is 1.65 bits per heavy atom. The Bertz CT molecular complexity index is 546. The van der Waals surface area contributed by atoms with Crippen molar-refractivity contribution < 1.29 is 9.90 Å². The molecule has 2 heterocycles. The minimum atomic E-state index is -0.876. The van der Waals surface area contributed by atoms with E-state index < -0.39 is 5.97 Å². The first-order chi connectivity index (χ1) is 8.04. The average molecular weight is 252 g/mol. The molecule has 0 saturated heterocycles. The molecule has 0 saturated carbocycles. The lowest BCUT2D eigenvalue weighted by molar-refractivity contribution is -0.136. The van der Waals surface area contributed by atoms with Gasteiger partial charge >= 0.3 is 5.97 Å². The predicted octanol–water partition coefficient (Wildman–Crippen LogP) is 1.56. The van der Waals surface area contributed by atoms with Gasteiger partial charge in [0.25, 0.3) is 0 Å². The molecule has 0 aliphatic heterocycles. The summed E-state index contributed by atoms with van der Waals surface area (Å²) in [4.78, 5) is 14.7. The molecule has 2 aromatic heterocycles. The summed E-state index contributed by atoms with van der Waals surface area (Å²) < 4.78 is 1.71. The first kappa shape index (κ1) is 11.6. The van der Waals surface area contributed by atoms with E-state index in [0.717, 1.165) is 11.4 Å². The van der Waals surface area contributed by atoms with E-state index in [9.17, 15) is 4.79 Å². The Hall–Kier alpha value is -1.89. The highest BCUT2D eigenvalue weighted by Gasteiger charge is 2.08. The van der Waals surface area contributed by atoms with Gasteiger partial charge < -0.3 is 10.4 Å². The number of anilines is 2. The van der Waals surface area contributed by atoms with Crippen molar-refractivity contribution in [2.24, 2.45) is 7.05 Å². The quantitative estimate of drug-likeness (QED) is 0.863. The Balaban J connectivity index is 2.11. The number of carboxylic acids is 1. The molecule has 2 N–H and O–H groups in total. The van der Waals surface area contributed by atoms with Crippen LogP contribution < -0.4 is 5.32 Å². The summed E-state index contributed by atoms with van der Waals surface area (Å²) in [5.41, 5.74) is 2.32. The third-order valence-corrected chi connectivity index (χ3v) is 2.95. The van der Waals surface area contributed by atoms with Gasteiger partial charge in [0.2, 0.25) is 0 Å². The topological polar surface area (TPSA) is 80.0 Å². The second-order valence-electron chi connectivity index (χ2n) is 3.64. The van der Waals surface area contributed by atoms with Gasteiger partial charge in [0.1, 0.15) is 0 Å². The van der Waals surface area contributed by atoms with Crippen LogP contribution in [0.3, 0.4) is 0 Å². The van der Waals surface area contributed by atoms with E-state index in [-0.39, 0.29) is 6.42 Å². The molecule has 0 atom stereocenters. The highest BCUT2D eigenvalue weighted by molar-refractivity contribution is 7.13. The summed E-state index contributed by atoms with van der Waals surface area (Å²) in [6.45, 7) is 1.90. The average Bonchev–Trinajstić information content (AvgIpc) is 2.74. The lowest BCUT2D eigenvalue weighted by Crippen LogP contribution is -2.00. The number of thiazole rings is 1. The number of aryl methyl sites for hydroxylation is 2. The number of nitrogens with one attached hydrogen (secondary N) is 1. The fourth-order valence-corrected chi connectivity index (χ4v) is 2.16. The predicted molar refractivity (Wildman–Crippen MR) is 64.7 cm³/mol. The third-order valence-electron chi connectivity index (χ3n) is 2.14. The standard InChI is InChI=1S/C10H12N4O2S/c1-6-8(4-14(2)13-6)12-10-11-7(5-17-10)3-9(15)16/h4-5H,3H2,1-2H3,(H,11,12)(H,15,16). The van der Waals surface area contributed by atoms with E-state index in [1.165, 1.54) is 11.3 Å². The highest BCUT2D eigenvalue weighted by Crippen LogP contribution is 2.22. The lowest BCUT2D eigenvalue weighted by atomic mass is 10.3. The number of aliphatic carboxylic acids is 1. The molecule has 17 heavy (non-hydrogen) atoms. The molecule has 0 aliphatic rings. The molecule has 7 heteroatoms. The van der Waals surface area contributed by atoms with Gasteiger partial charge in [-0.05, 0) is 6.92 Å². The molecular formula is C10H12N4O2S. The molecule has 0 radical (unpaired) electrons. The molecule has 0 amide bonds. The number of rotatable bonds is 4. The molecule has 90 valence electrons. The van der Waals surface area contributed by atoms with Crippen molar-refractivity contribution >= 4 is 28.1 Å². The Labute approximate surface area is 102 Å². The van der Waals surface area contributed by atoms with Gasteiger partial charge in [-0.15, -0.1) is 11.3 Å². The molecule has 2 aromatic rings. The number of hydrogen-bond donors (Lipinski definition) is 2. The molecule has 2 rings (SSSR count). The van der Waals surface area contributed by atoms with Gasteiger partial charge in [-0.25, -0.2) is 4.98 Å². The number of aromatic nitrogens is 3. The summed E-state index contributed by atoms with van der Waals surface area (Å²) >= 11 is 1.38. The fourth-order valence-electron chi connectivity index (χ4n) is 1.44. The molecule has 6 nitrogen and oxygen atoms in total. The smallest absolute Gasteiger partial charge is 0.309 e. The lowest BCUT2D eigenvalue weighted by Gasteiger charge is -1.98. The molecule has 0 aromatic carbocycles. The Morgan fingerprint density at radius 3 is 3.00 bits per heavy atom. The number of carbonyl (C=O) groups is 1. The van der Waals surface area contributed by atoms with Crippen molar-refractivity contribution in [1.82, 2.24) is 14.8 Å². The van der Waals surface area contributed by atoms with E-state index in [4.69, 9.17) is 5.11 Å². The zero-order valence-corrected chi connectivity index (χ0v) is 10.3. The maximum Gasteiger partial charge on any atom is 0.309 e. The minimum Gasteiger partial charge on any atom is -0.481 e. The van der Waals surface area contributed by atoms with Crippen LogP contribution in [0, 0.1) is 6.92 Å². The van der Waals surface area contributed by atoms with Crippen molar-refractivity contribution in [3.63, 3.8) is 0 Å². The van der Waals surface area contributed by atoms with Crippen molar-refractivity contribution in [2.45, 2.75) is 13.3 Å². The summed E-state index contributed by atoms with van der Waals surface area (Å²) in [5.74, 6) is -0.876. The van der Waals surface area contributed by atoms with E-state index in [2.05, 4.69) is 15.4 Å². The molecular weight excluding hydrogens is 240 g/mol. The SMILES string of the molecule is Cc1nn(C)cc1Nc1nc(CC(=O)O)cs1. The third kappa shape index (κ3) is 2.82. The molecule has 0 bridgehead atoms. The largest absolute Gasteiger partial charge is 0.481 e. The molecule has 0 unspecified atom stereocenters. The monoisotopic (exact) mass is 252 g/mol. The van der Waals surface area contributed by atoms with Gasteiger partial charge in [-0.2, -0.15) is 5.10 Å². The molecule has 0 fully saturated rings. The number of hydrogen-bond acceptors (Lipinski definition) is 5. The maximum atomic E-state index is 10.5. The van der Waals surface area contributed by atoms with Crippen LogP contribution in [0.15, 0.2) is 11.6 Å². The summed E-state index contributed by atoms with van der Waals surface area (Å²) in [5, 5.41) is 18.4. The van der Waals surface area contributed by atoms with Crippen LogP contribution in [0.5, 0.6) is 0 Å². The zero-order chi connectivity index (χ0) is 12.4. The van der Waals surface area contributed by atoms with Gasteiger partial charge in [-0.3, -0.25) is 9.48 Å².